The predicted molar refractivity (Wildman–Crippen MR) is 112 cm³/mol. The number of hydrogen-bond donors (Lipinski definition) is 1. The Balaban J connectivity index is 1.78. The Hall–Kier alpha value is -2.87. The molecule has 1 fully saturated rings. The number of nitrogens with zero attached hydrogens (tertiary/aromatic N) is 2. The van der Waals surface area contributed by atoms with Gasteiger partial charge in [-0.2, -0.15) is 0 Å². The molecule has 1 heterocycles. The number of nitrogens with one attached hydrogen (secondary N) is 1. The second-order valence-electron chi connectivity index (χ2n) is 7.59. The van der Waals surface area contributed by atoms with Crippen molar-refractivity contribution in [2.45, 2.75) is 32.2 Å². The number of carbonyl (C=O) groups is 2. The highest BCUT2D eigenvalue weighted by Crippen LogP contribution is 2.27. The fourth-order valence-electron chi connectivity index (χ4n) is 3.84. The fraction of sp³-hybridized carbons (Fsp3) is 0.391. The van der Waals surface area contributed by atoms with Gasteiger partial charge in [-0.1, -0.05) is 37.3 Å². The van der Waals surface area contributed by atoms with Crippen molar-refractivity contribution in [2.75, 3.05) is 31.5 Å². The number of benzene rings is 2. The van der Waals surface area contributed by atoms with Crippen LogP contribution in [-0.4, -0.2) is 47.8 Å². The van der Waals surface area contributed by atoms with Crippen molar-refractivity contribution in [1.29, 1.82) is 0 Å². The van der Waals surface area contributed by atoms with Crippen LogP contribution in [0.3, 0.4) is 0 Å². The Morgan fingerprint density at radius 1 is 1.03 bits per heavy atom. The van der Waals surface area contributed by atoms with E-state index in [4.69, 9.17) is 0 Å². The molecule has 3 rings (SSSR count). The Morgan fingerprint density at radius 2 is 1.71 bits per heavy atom. The standard InChI is InChI=1S/C23H26F3N3O2/c1-2-12-29(15-19(30)27-18-11-10-17(24)20(25)21(18)26)23(31)22(28-13-6-7-14-28)16-8-4-3-5-9-16/h3-5,8-11,22H,2,6-7,12-15H2,1H3,(H,27,30). The number of carbonyl (C=O) groups excluding carboxylic acids is 2. The third-order valence-electron chi connectivity index (χ3n) is 5.30. The predicted octanol–water partition coefficient (Wildman–Crippen LogP) is 4.12. The van der Waals surface area contributed by atoms with E-state index in [9.17, 15) is 22.8 Å². The quantitative estimate of drug-likeness (QED) is 0.638. The van der Waals surface area contributed by atoms with E-state index in [0.717, 1.165) is 43.6 Å². The monoisotopic (exact) mass is 433 g/mol. The molecular formula is C23H26F3N3O2. The van der Waals surface area contributed by atoms with Gasteiger partial charge in [0.05, 0.1) is 12.2 Å². The minimum absolute atomic E-state index is 0.212. The minimum atomic E-state index is -1.66. The maximum absolute atomic E-state index is 13.9. The van der Waals surface area contributed by atoms with E-state index in [-0.39, 0.29) is 12.5 Å². The summed E-state index contributed by atoms with van der Waals surface area (Å²) in [5, 5.41) is 2.24. The first-order chi connectivity index (χ1) is 14.9. The van der Waals surface area contributed by atoms with Crippen LogP contribution in [0.2, 0.25) is 0 Å². The van der Waals surface area contributed by atoms with Crippen LogP contribution in [0.4, 0.5) is 18.9 Å². The molecule has 0 aromatic heterocycles. The molecule has 1 unspecified atom stereocenters. The van der Waals surface area contributed by atoms with Crippen LogP contribution in [0.15, 0.2) is 42.5 Å². The summed E-state index contributed by atoms with van der Waals surface area (Å²) < 4.78 is 40.5. The van der Waals surface area contributed by atoms with Crippen molar-refractivity contribution < 1.29 is 22.8 Å². The number of amides is 2. The second kappa shape index (κ2) is 10.4. The van der Waals surface area contributed by atoms with Gasteiger partial charge < -0.3 is 10.2 Å². The van der Waals surface area contributed by atoms with Gasteiger partial charge in [-0.25, -0.2) is 13.2 Å². The highest BCUT2D eigenvalue weighted by atomic mass is 19.2. The van der Waals surface area contributed by atoms with E-state index in [0.29, 0.717) is 13.0 Å². The van der Waals surface area contributed by atoms with Gasteiger partial charge in [0, 0.05) is 6.54 Å². The summed E-state index contributed by atoms with van der Waals surface area (Å²) in [5.74, 6) is -5.36. The third kappa shape index (κ3) is 5.44. The molecule has 2 aromatic carbocycles. The molecule has 2 amide bonds. The Labute approximate surface area is 179 Å². The first-order valence-electron chi connectivity index (χ1n) is 10.4. The van der Waals surface area contributed by atoms with Crippen molar-refractivity contribution in [2.24, 2.45) is 0 Å². The van der Waals surface area contributed by atoms with Crippen LogP contribution < -0.4 is 5.32 Å². The molecular weight excluding hydrogens is 407 g/mol. The zero-order valence-electron chi connectivity index (χ0n) is 17.4. The molecule has 0 aliphatic carbocycles. The lowest BCUT2D eigenvalue weighted by Gasteiger charge is -2.32. The van der Waals surface area contributed by atoms with Crippen molar-refractivity contribution >= 4 is 17.5 Å². The van der Waals surface area contributed by atoms with Gasteiger partial charge >= 0.3 is 0 Å². The third-order valence-corrected chi connectivity index (χ3v) is 5.30. The van der Waals surface area contributed by atoms with E-state index in [2.05, 4.69) is 10.2 Å². The molecule has 166 valence electrons. The number of likely N-dealkylation sites (tertiary alicyclic amines) is 1. The number of halogens is 3. The molecule has 2 aromatic rings. The highest BCUT2D eigenvalue weighted by molar-refractivity contribution is 5.95. The fourth-order valence-corrected chi connectivity index (χ4v) is 3.84. The van der Waals surface area contributed by atoms with E-state index in [1.807, 2.05) is 37.3 Å². The first kappa shape index (κ1) is 22.8. The van der Waals surface area contributed by atoms with Gasteiger partial charge in [0.1, 0.15) is 6.04 Å². The summed E-state index contributed by atoms with van der Waals surface area (Å²) in [6.45, 7) is 3.49. The summed E-state index contributed by atoms with van der Waals surface area (Å²) in [6.07, 6.45) is 2.63. The van der Waals surface area contributed by atoms with Gasteiger partial charge in [0.25, 0.3) is 0 Å². The zero-order chi connectivity index (χ0) is 22.4. The highest BCUT2D eigenvalue weighted by Gasteiger charge is 2.33. The zero-order valence-corrected chi connectivity index (χ0v) is 17.4. The van der Waals surface area contributed by atoms with E-state index in [1.165, 1.54) is 4.90 Å². The lowest BCUT2D eigenvalue weighted by atomic mass is 10.0. The van der Waals surface area contributed by atoms with Gasteiger partial charge in [0.2, 0.25) is 11.8 Å². The molecule has 1 aliphatic heterocycles. The van der Waals surface area contributed by atoms with Crippen LogP contribution in [0.25, 0.3) is 0 Å². The van der Waals surface area contributed by atoms with Crippen molar-refractivity contribution in [3.63, 3.8) is 0 Å². The minimum Gasteiger partial charge on any atom is -0.332 e. The molecule has 1 saturated heterocycles. The van der Waals surface area contributed by atoms with E-state index >= 15 is 0 Å². The summed E-state index contributed by atoms with van der Waals surface area (Å²) >= 11 is 0. The molecule has 0 radical (unpaired) electrons. The van der Waals surface area contributed by atoms with Crippen molar-refractivity contribution in [3.05, 3.63) is 65.5 Å². The first-order valence-corrected chi connectivity index (χ1v) is 10.4. The SMILES string of the molecule is CCCN(CC(=O)Nc1ccc(F)c(F)c1F)C(=O)C(c1ccccc1)N1CCCC1. The summed E-state index contributed by atoms with van der Waals surface area (Å²) in [7, 11) is 0. The Morgan fingerprint density at radius 3 is 2.35 bits per heavy atom. The van der Waals surface area contributed by atoms with Gasteiger partial charge in [-0.3, -0.25) is 14.5 Å². The molecule has 8 heteroatoms. The van der Waals surface area contributed by atoms with Gasteiger partial charge in [-0.05, 0) is 50.0 Å². The Bertz CT molecular complexity index is 918. The summed E-state index contributed by atoms with van der Waals surface area (Å²) in [5.41, 5.74) is 0.384. The molecule has 0 bridgehead atoms. The summed E-state index contributed by atoms with van der Waals surface area (Å²) in [6, 6.07) is 10.6. The second-order valence-corrected chi connectivity index (χ2v) is 7.59. The van der Waals surface area contributed by atoms with Crippen LogP contribution in [0.5, 0.6) is 0 Å². The lowest BCUT2D eigenvalue weighted by molar-refractivity contribution is -0.139. The van der Waals surface area contributed by atoms with Crippen LogP contribution in [0.1, 0.15) is 37.8 Å². The Kier molecular flexibility index (Phi) is 7.68. The lowest BCUT2D eigenvalue weighted by Crippen LogP contribution is -2.45. The maximum Gasteiger partial charge on any atom is 0.245 e. The maximum atomic E-state index is 13.9. The van der Waals surface area contributed by atoms with Crippen LogP contribution >= 0.6 is 0 Å². The van der Waals surface area contributed by atoms with E-state index in [1.54, 1.807) is 0 Å². The summed E-state index contributed by atoms with van der Waals surface area (Å²) in [4.78, 5) is 29.6. The van der Waals surface area contributed by atoms with Gasteiger partial charge in [-0.15, -0.1) is 0 Å². The average molecular weight is 433 g/mol. The van der Waals surface area contributed by atoms with Crippen molar-refractivity contribution in [3.8, 4) is 0 Å². The molecule has 0 spiro atoms. The van der Waals surface area contributed by atoms with Crippen LogP contribution in [0, 0.1) is 17.5 Å². The molecule has 1 aliphatic rings. The molecule has 1 atom stereocenters. The average Bonchev–Trinajstić information content (AvgIpc) is 3.29. The molecule has 5 nitrogen and oxygen atoms in total. The number of anilines is 1. The van der Waals surface area contributed by atoms with Crippen molar-refractivity contribution in [1.82, 2.24) is 9.80 Å². The van der Waals surface area contributed by atoms with Crippen LogP contribution in [-0.2, 0) is 9.59 Å². The molecule has 0 saturated carbocycles. The number of rotatable bonds is 8. The smallest absolute Gasteiger partial charge is 0.245 e. The molecule has 31 heavy (non-hydrogen) atoms. The topological polar surface area (TPSA) is 52.7 Å². The number of hydrogen-bond acceptors (Lipinski definition) is 3. The van der Waals surface area contributed by atoms with Gasteiger partial charge in [0.15, 0.2) is 17.5 Å². The molecule has 1 N–H and O–H groups in total. The van der Waals surface area contributed by atoms with E-state index < -0.39 is 35.1 Å². The largest absolute Gasteiger partial charge is 0.332 e. The normalized spacial score (nSPS) is 15.0.